The van der Waals surface area contributed by atoms with Crippen LogP contribution in [0.1, 0.15) is 43.9 Å². The Morgan fingerprint density at radius 3 is 2.46 bits per heavy atom. The van der Waals surface area contributed by atoms with Crippen LogP contribution in [0.5, 0.6) is 0 Å². The second-order valence-electron chi connectivity index (χ2n) is 9.28. The lowest BCUT2D eigenvalue weighted by atomic mass is 10.0. The number of pyridine rings is 2. The standard InChI is InChI=1S/C28H26F3N7O/c1-18-19(3-4-20-15-35-26(33)12-22(20)14-32)11-23(16-34-18)27(39)36-24-6-5-21(25(13-24)28(29,30)31)17-38-9-7-37(2)8-10-38/h5-6,11-13,15-16H,7-10,17H2,1-2H3,(H2,33,35)(H,36,39). The number of aryl methyl sites for hydroxylation is 1. The monoisotopic (exact) mass is 533 g/mol. The third-order valence-electron chi connectivity index (χ3n) is 6.39. The van der Waals surface area contributed by atoms with Gasteiger partial charge in [0.25, 0.3) is 5.91 Å². The summed E-state index contributed by atoms with van der Waals surface area (Å²) < 4.78 is 41.7. The molecular weight excluding hydrogens is 507 g/mol. The largest absolute Gasteiger partial charge is 0.416 e. The maximum atomic E-state index is 13.9. The number of nitrogens with zero attached hydrogens (tertiary/aromatic N) is 5. The number of piperazine rings is 1. The molecule has 0 saturated carbocycles. The van der Waals surface area contributed by atoms with Crippen LogP contribution in [0.25, 0.3) is 0 Å². The molecule has 1 aliphatic rings. The van der Waals surface area contributed by atoms with E-state index in [0.29, 0.717) is 29.9 Å². The van der Waals surface area contributed by atoms with Crippen molar-refractivity contribution in [2.45, 2.75) is 19.6 Å². The first-order valence-corrected chi connectivity index (χ1v) is 12.1. The Kier molecular flexibility index (Phi) is 8.15. The number of hydrogen-bond acceptors (Lipinski definition) is 7. The van der Waals surface area contributed by atoms with Crippen LogP contribution in [0.4, 0.5) is 24.7 Å². The summed E-state index contributed by atoms with van der Waals surface area (Å²) in [5, 5.41) is 11.8. The van der Waals surface area contributed by atoms with Crippen LogP contribution in [0, 0.1) is 30.1 Å². The Bertz CT molecular complexity index is 1490. The summed E-state index contributed by atoms with van der Waals surface area (Å²) in [6, 6.07) is 8.75. The molecule has 3 aromatic rings. The predicted octanol–water partition coefficient (Wildman–Crippen LogP) is 3.66. The van der Waals surface area contributed by atoms with E-state index >= 15 is 0 Å². The van der Waals surface area contributed by atoms with Crippen LogP contribution >= 0.6 is 0 Å². The number of rotatable bonds is 4. The summed E-state index contributed by atoms with van der Waals surface area (Å²) in [5.41, 5.74) is 6.70. The average Bonchev–Trinajstić information content (AvgIpc) is 2.90. The first-order chi connectivity index (χ1) is 18.5. The Morgan fingerprint density at radius 1 is 1.05 bits per heavy atom. The third-order valence-corrected chi connectivity index (χ3v) is 6.39. The average molecular weight is 534 g/mol. The minimum Gasteiger partial charge on any atom is -0.384 e. The van der Waals surface area contributed by atoms with Gasteiger partial charge in [-0.2, -0.15) is 18.4 Å². The summed E-state index contributed by atoms with van der Waals surface area (Å²) in [5.74, 6) is 5.28. The van der Waals surface area contributed by atoms with Gasteiger partial charge in [-0.25, -0.2) is 4.98 Å². The minimum absolute atomic E-state index is 0.0225. The third kappa shape index (κ3) is 6.90. The highest BCUT2D eigenvalue weighted by Crippen LogP contribution is 2.34. The summed E-state index contributed by atoms with van der Waals surface area (Å²) >= 11 is 0. The normalized spacial score (nSPS) is 14.3. The van der Waals surface area contributed by atoms with Gasteiger partial charge in [-0.15, -0.1) is 0 Å². The van der Waals surface area contributed by atoms with E-state index in [9.17, 15) is 23.2 Å². The second kappa shape index (κ2) is 11.5. The molecule has 1 aromatic carbocycles. The minimum atomic E-state index is -4.57. The number of halogens is 3. The number of nitrogen functional groups attached to an aromatic ring is 1. The first-order valence-electron chi connectivity index (χ1n) is 12.1. The SMILES string of the molecule is Cc1ncc(C(=O)Nc2ccc(CN3CCN(C)CC3)c(C(F)(F)F)c2)cc1C#Cc1cnc(N)cc1C#N. The summed E-state index contributed by atoms with van der Waals surface area (Å²) in [6.07, 6.45) is -1.87. The van der Waals surface area contributed by atoms with Gasteiger partial charge in [-0.1, -0.05) is 17.9 Å². The van der Waals surface area contributed by atoms with Gasteiger partial charge in [0.1, 0.15) is 11.9 Å². The molecule has 4 rings (SSSR count). The molecule has 1 fully saturated rings. The van der Waals surface area contributed by atoms with Crippen LogP contribution in [-0.2, 0) is 12.7 Å². The highest BCUT2D eigenvalue weighted by molar-refractivity contribution is 6.04. The number of amides is 1. The van der Waals surface area contributed by atoms with Gasteiger partial charge in [0, 0.05) is 56.4 Å². The fourth-order valence-electron chi connectivity index (χ4n) is 4.09. The van der Waals surface area contributed by atoms with Gasteiger partial charge in [0.2, 0.25) is 0 Å². The molecule has 3 N–H and O–H groups in total. The molecule has 0 bridgehead atoms. The van der Waals surface area contributed by atoms with E-state index in [4.69, 9.17) is 5.73 Å². The van der Waals surface area contributed by atoms with Crippen molar-refractivity contribution >= 4 is 17.4 Å². The molecule has 1 amide bonds. The number of likely N-dealkylation sites (N-methyl/N-ethyl adjacent to an activating group) is 1. The lowest BCUT2D eigenvalue weighted by Gasteiger charge is -2.33. The Hall–Kier alpha value is -4.45. The van der Waals surface area contributed by atoms with Gasteiger partial charge in [-0.3, -0.25) is 14.7 Å². The van der Waals surface area contributed by atoms with Crippen molar-refractivity contribution in [3.63, 3.8) is 0 Å². The summed E-state index contributed by atoms with van der Waals surface area (Å²) in [7, 11) is 1.98. The van der Waals surface area contributed by atoms with Crippen LogP contribution in [-0.4, -0.2) is 58.9 Å². The Balaban J connectivity index is 1.55. The molecule has 39 heavy (non-hydrogen) atoms. The molecular formula is C28H26F3N7O. The van der Waals surface area contributed by atoms with Crippen molar-refractivity contribution in [2.75, 3.05) is 44.3 Å². The quantitative estimate of drug-likeness (QED) is 0.493. The number of aromatic nitrogens is 2. The van der Waals surface area contributed by atoms with E-state index in [-0.39, 0.29) is 34.7 Å². The molecule has 8 nitrogen and oxygen atoms in total. The van der Waals surface area contributed by atoms with Crippen LogP contribution in [0.2, 0.25) is 0 Å². The lowest BCUT2D eigenvalue weighted by Crippen LogP contribution is -2.44. The van der Waals surface area contributed by atoms with Crippen molar-refractivity contribution in [1.29, 1.82) is 5.26 Å². The Labute approximate surface area is 224 Å². The van der Waals surface area contributed by atoms with Gasteiger partial charge in [0.05, 0.1) is 27.9 Å². The van der Waals surface area contributed by atoms with Gasteiger partial charge in [-0.05, 0) is 43.8 Å². The zero-order valence-corrected chi connectivity index (χ0v) is 21.4. The molecule has 0 radical (unpaired) electrons. The molecule has 1 aliphatic heterocycles. The first kappa shape index (κ1) is 27.6. The van der Waals surface area contributed by atoms with Crippen LogP contribution in [0.3, 0.4) is 0 Å². The van der Waals surface area contributed by atoms with Crippen molar-refractivity contribution < 1.29 is 18.0 Å². The highest BCUT2D eigenvalue weighted by atomic mass is 19.4. The number of carbonyl (C=O) groups excluding carboxylic acids is 1. The molecule has 1 saturated heterocycles. The van der Waals surface area contributed by atoms with Crippen molar-refractivity contribution in [3.05, 3.63) is 81.8 Å². The van der Waals surface area contributed by atoms with E-state index in [1.165, 1.54) is 36.7 Å². The van der Waals surface area contributed by atoms with Crippen LogP contribution < -0.4 is 11.1 Å². The van der Waals surface area contributed by atoms with Crippen molar-refractivity contribution in [3.8, 4) is 17.9 Å². The summed E-state index contributed by atoms with van der Waals surface area (Å²) in [6.45, 7) is 4.84. The lowest BCUT2D eigenvalue weighted by molar-refractivity contribution is -0.138. The zero-order chi connectivity index (χ0) is 28.2. The molecule has 0 aliphatic carbocycles. The zero-order valence-electron chi connectivity index (χ0n) is 21.4. The number of nitrogens with two attached hydrogens (primary N) is 1. The number of carbonyl (C=O) groups is 1. The number of nitrogens with one attached hydrogen (secondary N) is 1. The fourth-order valence-corrected chi connectivity index (χ4v) is 4.09. The highest BCUT2D eigenvalue weighted by Gasteiger charge is 2.34. The van der Waals surface area contributed by atoms with E-state index < -0.39 is 17.6 Å². The van der Waals surface area contributed by atoms with E-state index in [2.05, 4.69) is 32.0 Å². The number of nitriles is 1. The van der Waals surface area contributed by atoms with E-state index in [0.717, 1.165) is 19.2 Å². The number of anilines is 2. The molecule has 0 spiro atoms. The smallest absolute Gasteiger partial charge is 0.384 e. The molecule has 200 valence electrons. The molecule has 3 heterocycles. The van der Waals surface area contributed by atoms with Gasteiger partial charge >= 0.3 is 6.18 Å². The van der Waals surface area contributed by atoms with E-state index in [1.54, 1.807) is 6.92 Å². The maximum absolute atomic E-state index is 13.9. The fraction of sp³-hybridized carbons (Fsp3) is 0.286. The summed E-state index contributed by atoms with van der Waals surface area (Å²) in [4.78, 5) is 25.2. The molecule has 0 unspecified atom stereocenters. The predicted molar refractivity (Wildman–Crippen MR) is 140 cm³/mol. The van der Waals surface area contributed by atoms with Crippen molar-refractivity contribution in [1.82, 2.24) is 19.8 Å². The molecule has 2 aromatic heterocycles. The topological polar surface area (TPSA) is 111 Å². The molecule has 11 heteroatoms. The number of benzene rings is 1. The molecule has 0 atom stereocenters. The van der Waals surface area contributed by atoms with Gasteiger partial charge < -0.3 is 16.0 Å². The second-order valence-corrected chi connectivity index (χ2v) is 9.28. The van der Waals surface area contributed by atoms with Crippen molar-refractivity contribution in [2.24, 2.45) is 0 Å². The van der Waals surface area contributed by atoms with Crippen LogP contribution in [0.15, 0.2) is 42.7 Å². The maximum Gasteiger partial charge on any atom is 0.416 e. The number of hydrogen-bond donors (Lipinski definition) is 2. The number of alkyl halides is 3. The Morgan fingerprint density at radius 2 is 1.77 bits per heavy atom. The van der Waals surface area contributed by atoms with E-state index in [1.807, 2.05) is 18.0 Å². The van der Waals surface area contributed by atoms with Gasteiger partial charge in [0.15, 0.2) is 0 Å².